The van der Waals surface area contributed by atoms with Crippen LogP contribution in [0.3, 0.4) is 0 Å². The Bertz CT molecular complexity index is 803. The molecule has 7 nitrogen and oxygen atoms in total. The quantitative estimate of drug-likeness (QED) is 0.335. The summed E-state index contributed by atoms with van der Waals surface area (Å²) in [7, 11) is 2.34. The zero-order valence-electron chi connectivity index (χ0n) is 14.6. The van der Waals surface area contributed by atoms with Crippen LogP contribution in [0, 0.1) is 5.82 Å². The molecular weight excluding hydrogens is 369 g/mol. The summed E-state index contributed by atoms with van der Waals surface area (Å²) in [6.07, 6.45) is -1.57. The number of benzene rings is 1. The Morgan fingerprint density at radius 1 is 1.27 bits per heavy atom. The molecule has 0 aliphatic carbocycles. The van der Waals surface area contributed by atoms with Gasteiger partial charge in [-0.25, -0.2) is 14.1 Å². The fraction of sp³-hybridized carbons (Fsp3) is 0.353. The molecule has 140 valence electrons. The third kappa shape index (κ3) is 3.71. The van der Waals surface area contributed by atoms with Crippen LogP contribution in [0.5, 0.6) is 5.75 Å². The van der Waals surface area contributed by atoms with E-state index in [1.54, 1.807) is 13.8 Å². The number of carbonyl (C=O) groups is 3. The molecule has 1 aliphatic heterocycles. The van der Waals surface area contributed by atoms with Gasteiger partial charge in [-0.3, -0.25) is 9.59 Å². The van der Waals surface area contributed by atoms with Gasteiger partial charge in [-0.2, -0.15) is 0 Å². The van der Waals surface area contributed by atoms with Gasteiger partial charge in [0.2, 0.25) is 5.91 Å². The van der Waals surface area contributed by atoms with E-state index < -0.39 is 29.9 Å². The molecule has 2 rings (SSSR count). The van der Waals surface area contributed by atoms with Crippen LogP contribution in [0.15, 0.2) is 23.3 Å². The van der Waals surface area contributed by atoms with Crippen LogP contribution in [0.2, 0.25) is 5.02 Å². The highest BCUT2D eigenvalue weighted by atomic mass is 35.5. The molecule has 0 bridgehead atoms. The Balaban J connectivity index is 2.45. The highest BCUT2D eigenvalue weighted by Gasteiger charge is 2.37. The van der Waals surface area contributed by atoms with E-state index in [1.807, 2.05) is 0 Å². The maximum Gasteiger partial charge on any atom is 0.376 e. The number of ether oxygens (including phenoxy) is 3. The standard InChI is InChI=1S/C17H17ClFNO6/c1-8(2)9-5-14(21)20(15(9)22)12-7-13(10(18)6-11(12)19)26-17(25-4)16(23)24-3/h6-7,17H,5H2,1-4H3. The summed E-state index contributed by atoms with van der Waals surface area (Å²) in [5, 5.41) is -0.168. The highest BCUT2D eigenvalue weighted by Crippen LogP contribution is 2.36. The van der Waals surface area contributed by atoms with Gasteiger partial charge in [-0.05, 0) is 19.9 Å². The van der Waals surface area contributed by atoms with Gasteiger partial charge in [-0.1, -0.05) is 17.2 Å². The van der Waals surface area contributed by atoms with E-state index in [9.17, 15) is 18.8 Å². The summed E-state index contributed by atoms with van der Waals surface area (Å²) in [6, 6.07) is 1.95. The van der Waals surface area contributed by atoms with Crippen LogP contribution in [0.1, 0.15) is 20.3 Å². The molecule has 1 aromatic carbocycles. The van der Waals surface area contributed by atoms with Gasteiger partial charge < -0.3 is 14.2 Å². The lowest BCUT2D eigenvalue weighted by Crippen LogP contribution is -2.31. The normalized spacial score (nSPS) is 15.3. The van der Waals surface area contributed by atoms with Gasteiger partial charge in [0, 0.05) is 18.7 Å². The second-order valence-corrected chi connectivity index (χ2v) is 6.04. The first kappa shape index (κ1) is 19.9. The monoisotopic (exact) mass is 385 g/mol. The van der Waals surface area contributed by atoms with Gasteiger partial charge >= 0.3 is 5.97 Å². The molecule has 0 saturated carbocycles. The molecule has 9 heteroatoms. The highest BCUT2D eigenvalue weighted by molar-refractivity contribution is 6.32. The predicted molar refractivity (Wildman–Crippen MR) is 90.3 cm³/mol. The van der Waals surface area contributed by atoms with Crippen molar-refractivity contribution in [1.29, 1.82) is 0 Å². The van der Waals surface area contributed by atoms with Gasteiger partial charge in [-0.15, -0.1) is 0 Å². The summed E-state index contributed by atoms with van der Waals surface area (Å²) in [5.41, 5.74) is 0.647. The van der Waals surface area contributed by atoms with Crippen LogP contribution in [-0.4, -0.2) is 38.3 Å². The minimum absolute atomic E-state index is 0.123. The second kappa shape index (κ2) is 7.84. The van der Waals surface area contributed by atoms with E-state index in [-0.39, 0.29) is 22.9 Å². The maximum absolute atomic E-state index is 14.4. The number of allylic oxidation sites excluding steroid dienone is 1. The van der Waals surface area contributed by atoms with E-state index in [2.05, 4.69) is 4.74 Å². The molecule has 1 aliphatic rings. The minimum atomic E-state index is -1.45. The first-order valence-corrected chi connectivity index (χ1v) is 7.89. The molecule has 1 unspecified atom stereocenters. The summed E-state index contributed by atoms with van der Waals surface area (Å²) < 4.78 is 29.0. The van der Waals surface area contributed by atoms with Crippen molar-refractivity contribution in [3.63, 3.8) is 0 Å². The number of hydrogen-bond donors (Lipinski definition) is 0. The van der Waals surface area contributed by atoms with Crippen LogP contribution in [0.25, 0.3) is 0 Å². The van der Waals surface area contributed by atoms with Crippen molar-refractivity contribution >= 4 is 35.1 Å². The zero-order chi connectivity index (χ0) is 19.6. The number of imide groups is 1. The zero-order valence-corrected chi connectivity index (χ0v) is 15.3. The summed E-state index contributed by atoms with van der Waals surface area (Å²) in [6.45, 7) is 3.38. The van der Waals surface area contributed by atoms with E-state index in [0.29, 0.717) is 11.1 Å². The van der Waals surface area contributed by atoms with E-state index in [1.165, 1.54) is 7.11 Å². The van der Waals surface area contributed by atoms with Crippen molar-refractivity contribution in [2.75, 3.05) is 19.1 Å². The van der Waals surface area contributed by atoms with E-state index >= 15 is 0 Å². The van der Waals surface area contributed by atoms with Crippen LogP contribution in [0.4, 0.5) is 10.1 Å². The second-order valence-electron chi connectivity index (χ2n) is 5.63. The molecule has 26 heavy (non-hydrogen) atoms. The largest absolute Gasteiger partial charge is 0.464 e. The number of esters is 1. The molecule has 1 heterocycles. The van der Waals surface area contributed by atoms with Gasteiger partial charge in [0.1, 0.15) is 11.6 Å². The van der Waals surface area contributed by atoms with Crippen LogP contribution in [-0.2, 0) is 23.9 Å². The van der Waals surface area contributed by atoms with Gasteiger partial charge in [0.05, 0.1) is 24.2 Å². The molecule has 0 spiro atoms. The first-order chi connectivity index (χ1) is 12.2. The fourth-order valence-electron chi connectivity index (χ4n) is 2.37. The minimum Gasteiger partial charge on any atom is -0.464 e. The van der Waals surface area contributed by atoms with Crippen molar-refractivity contribution in [2.24, 2.45) is 0 Å². The third-order valence-corrected chi connectivity index (χ3v) is 4.02. The average molecular weight is 386 g/mol. The molecule has 0 N–H and O–H groups in total. The fourth-order valence-corrected chi connectivity index (χ4v) is 2.57. The number of carbonyl (C=O) groups excluding carboxylic acids is 3. The Labute approximate surface area is 154 Å². The van der Waals surface area contributed by atoms with Crippen molar-refractivity contribution in [3.05, 3.63) is 34.1 Å². The first-order valence-electron chi connectivity index (χ1n) is 7.51. The molecule has 0 radical (unpaired) electrons. The summed E-state index contributed by atoms with van der Waals surface area (Å²) >= 11 is 5.94. The van der Waals surface area contributed by atoms with Gasteiger partial charge in [0.15, 0.2) is 0 Å². The number of halogens is 2. The average Bonchev–Trinajstić information content (AvgIpc) is 2.88. The summed E-state index contributed by atoms with van der Waals surface area (Å²) in [4.78, 5) is 37.0. The van der Waals surface area contributed by atoms with Crippen molar-refractivity contribution in [2.45, 2.75) is 26.6 Å². The Morgan fingerprint density at radius 2 is 1.92 bits per heavy atom. The number of methoxy groups -OCH3 is 2. The number of hydrogen-bond acceptors (Lipinski definition) is 6. The number of amides is 2. The van der Waals surface area contributed by atoms with E-state index in [4.69, 9.17) is 21.1 Å². The lowest BCUT2D eigenvalue weighted by Gasteiger charge is -2.19. The molecule has 1 atom stereocenters. The number of anilines is 1. The topological polar surface area (TPSA) is 82.1 Å². The SMILES string of the molecule is COC(=O)C(OC)Oc1cc(N2C(=O)CC(=C(C)C)C2=O)c(F)cc1Cl. The molecule has 0 aromatic heterocycles. The maximum atomic E-state index is 14.4. The van der Waals surface area contributed by atoms with E-state index in [0.717, 1.165) is 24.1 Å². The molecule has 1 aromatic rings. The number of rotatable bonds is 5. The van der Waals surface area contributed by atoms with Gasteiger partial charge in [0.25, 0.3) is 12.2 Å². The lowest BCUT2D eigenvalue weighted by molar-refractivity contribution is -0.170. The number of nitrogens with zero attached hydrogens (tertiary/aromatic N) is 1. The van der Waals surface area contributed by atoms with Crippen LogP contribution < -0.4 is 9.64 Å². The predicted octanol–water partition coefficient (Wildman–Crippen LogP) is 2.60. The molecular formula is C17H17ClFNO6. The van der Waals surface area contributed by atoms with Crippen molar-refractivity contribution in [3.8, 4) is 5.75 Å². The van der Waals surface area contributed by atoms with Crippen molar-refractivity contribution < 1.29 is 33.0 Å². The summed E-state index contributed by atoms with van der Waals surface area (Å²) in [5.74, 6) is -3.06. The Hall–Kier alpha value is -2.45. The Kier molecular flexibility index (Phi) is 5.99. The van der Waals surface area contributed by atoms with Crippen LogP contribution >= 0.6 is 11.6 Å². The lowest BCUT2D eigenvalue weighted by atomic mass is 10.1. The van der Waals surface area contributed by atoms with Crippen molar-refractivity contribution in [1.82, 2.24) is 0 Å². The smallest absolute Gasteiger partial charge is 0.376 e. The third-order valence-electron chi connectivity index (χ3n) is 3.73. The Morgan fingerprint density at radius 3 is 2.42 bits per heavy atom. The molecule has 1 fully saturated rings. The molecule has 2 amide bonds. The molecule has 1 saturated heterocycles.